The molecule has 1 aliphatic rings. The maximum atomic E-state index is 13.9. The Bertz CT molecular complexity index is 567. The van der Waals surface area contributed by atoms with Gasteiger partial charge in [0, 0.05) is 22.9 Å². The van der Waals surface area contributed by atoms with Gasteiger partial charge in [0.25, 0.3) is 0 Å². The smallest absolute Gasteiger partial charge is 0.207 e. The molecule has 0 aromatic heterocycles. The SMILES string of the molecule is O=S(=O)(c1ccc(Br)cc1F)N1CCCCC1CCl. The van der Waals surface area contributed by atoms with Crippen LogP contribution in [0.2, 0.25) is 0 Å². The zero-order chi connectivity index (χ0) is 14.0. The predicted molar refractivity (Wildman–Crippen MR) is 76.4 cm³/mol. The van der Waals surface area contributed by atoms with Crippen LogP contribution in [0, 0.1) is 5.82 Å². The van der Waals surface area contributed by atoms with Gasteiger partial charge in [0.2, 0.25) is 10.0 Å². The molecule has 1 fully saturated rings. The molecule has 0 bridgehead atoms. The fraction of sp³-hybridized carbons (Fsp3) is 0.500. The zero-order valence-corrected chi connectivity index (χ0v) is 13.3. The second-order valence-corrected chi connectivity index (χ2v) is 7.58. The summed E-state index contributed by atoms with van der Waals surface area (Å²) in [7, 11) is -3.82. The van der Waals surface area contributed by atoms with Gasteiger partial charge in [-0.25, -0.2) is 12.8 Å². The molecule has 0 N–H and O–H groups in total. The van der Waals surface area contributed by atoms with Crippen molar-refractivity contribution < 1.29 is 12.8 Å². The van der Waals surface area contributed by atoms with Gasteiger partial charge in [-0.3, -0.25) is 0 Å². The first kappa shape index (κ1) is 15.2. The van der Waals surface area contributed by atoms with Gasteiger partial charge in [-0.05, 0) is 31.0 Å². The summed E-state index contributed by atoms with van der Waals surface area (Å²) in [6.45, 7) is 0.398. The second kappa shape index (κ2) is 6.08. The van der Waals surface area contributed by atoms with E-state index in [1.807, 2.05) is 0 Å². The van der Waals surface area contributed by atoms with Crippen LogP contribution < -0.4 is 0 Å². The van der Waals surface area contributed by atoms with Crippen molar-refractivity contribution in [1.82, 2.24) is 4.31 Å². The van der Waals surface area contributed by atoms with Crippen LogP contribution in [0.5, 0.6) is 0 Å². The number of sulfonamides is 1. The Morgan fingerprint density at radius 3 is 2.79 bits per heavy atom. The van der Waals surface area contributed by atoms with E-state index in [4.69, 9.17) is 11.6 Å². The Morgan fingerprint density at radius 2 is 2.16 bits per heavy atom. The van der Waals surface area contributed by atoms with Crippen LogP contribution >= 0.6 is 27.5 Å². The van der Waals surface area contributed by atoms with Crippen molar-refractivity contribution in [3.63, 3.8) is 0 Å². The molecule has 1 aromatic carbocycles. The highest BCUT2D eigenvalue weighted by Crippen LogP contribution is 2.28. The van der Waals surface area contributed by atoms with Crippen molar-refractivity contribution >= 4 is 37.6 Å². The molecule has 0 spiro atoms. The molecule has 1 aliphatic heterocycles. The minimum absolute atomic E-state index is 0.234. The quantitative estimate of drug-likeness (QED) is 0.765. The van der Waals surface area contributed by atoms with E-state index in [9.17, 15) is 12.8 Å². The van der Waals surface area contributed by atoms with E-state index < -0.39 is 15.8 Å². The lowest BCUT2D eigenvalue weighted by molar-refractivity contribution is 0.270. The summed E-state index contributed by atoms with van der Waals surface area (Å²) in [5, 5.41) is 0. The van der Waals surface area contributed by atoms with Gasteiger partial charge in [0.1, 0.15) is 10.7 Å². The van der Waals surface area contributed by atoms with E-state index in [1.54, 1.807) is 0 Å². The largest absolute Gasteiger partial charge is 0.246 e. The lowest BCUT2D eigenvalue weighted by atomic mass is 10.1. The van der Waals surface area contributed by atoms with Gasteiger partial charge in [-0.1, -0.05) is 22.4 Å². The molecule has 1 unspecified atom stereocenters. The Kier molecular flexibility index (Phi) is 4.87. The van der Waals surface area contributed by atoms with Crippen molar-refractivity contribution in [2.24, 2.45) is 0 Å². The van der Waals surface area contributed by atoms with Crippen molar-refractivity contribution in [2.45, 2.75) is 30.2 Å². The molecular formula is C12H14BrClFNO2S. The van der Waals surface area contributed by atoms with Gasteiger partial charge >= 0.3 is 0 Å². The summed E-state index contributed by atoms with van der Waals surface area (Å²) >= 11 is 8.94. The van der Waals surface area contributed by atoms with Gasteiger partial charge in [0.05, 0.1) is 0 Å². The third-order valence-corrected chi connectivity index (χ3v) is 6.07. The highest BCUT2D eigenvalue weighted by molar-refractivity contribution is 9.10. The van der Waals surface area contributed by atoms with E-state index in [2.05, 4.69) is 15.9 Å². The molecule has 0 amide bonds. The number of alkyl halides is 1. The number of hydrogen-bond acceptors (Lipinski definition) is 2. The lowest BCUT2D eigenvalue weighted by Crippen LogP contribution is -2.44. The molecule has 19 heavy (non-hydrogen) atoms. The minimum Gasteiger partial charge on any atom is -0.207 e. The molecule has 3 nitrogen and oxygen atoms in total. The van der Waals surface area contributed by atoms with Crippen molar-refractivity contribution in [1.29, 1.82) is 0 Å². The standard InChI is InChI=1S/C12H14BrClFNO2S/c13-9-4-5-12(11(15)7-9)19(17,18)16-6-2-1-3-10(16)8-14/h4-5,7,10H,1-3,6,8H2. The van der Waals surface area contributed by atoms with Crippen LogP contribution in [0.15, 0.2) is 27.6 Å². The van der Waals surface area contributed by atoms with E-state index >= 15 is 0 Å². The summed E-state index contributed by atoms with van der Waals surface area (Å²) < 4.78 is 40.7. The highest BCUT2D eigenvalue weighted by atomic mass is 79.9. The molecule has 1 saturated heterocycles. The summed E-state index contributed by atoms with van der Waals surface area (Å²) in [4.78, 5) is -0.285. The van der Waals surface area contributed by atoms with E-state index in [0.29, 0.717) is 11.0 Å². The van der Waals surface area contributed by atoms with Crippen LogP contribution in [0.4, 0.5) is 4.39 Å². The normalized spacial score (nSPS) is 21.5. The first-order chi connectivity index (χ1) is 8.96. The van der Waals surface area contributed by atoms with Gasteiger partial charge in [-0.2, -0.15) is 4.31 Å². The highest BCUT2D eigenvalue weighted by Gasteiger charge is 2.34. The van der Waals surface area contributed by atoms with Crippen molar-refractivity contribution in [2.75, 3.05) is 12.4 Å². The number of piperidine rings is 1. The maximum Gasteiger partial charge on any atom is 0.246 e. The van der Waals surface area contributed by atoms with Gasteiger partial charge in [-0.15, -0.1) is 11.6 Å². The third kappa shape index (κ3) is 3.12. The molecule has 1 heterocycles. The Balaban J connectivity index is 2.40. The molecule has 0 saturated carbocycles. The third-order valence-electron chi connectivity index (χ3n) is 3.23. The molecule has 106 valence electrons. The first-order valence-corrected chi connectivity index (χ1v) is 8.76. The number of hydrogen-bond donors (Lipinski definition) is 0. The summed E-state index contributed by atoms with van der Waals surface area (Å²) in [5.41, 5.74) is 0. The Hall–Kier alpha value is -0.170. The minimum atomic E-state index is -3.82. The monoisotopic (exact) mass is 369 g/mol. The van der Waals surface area contributed by atoms with Crippen LogP contribution in [0.25, 0.3) is 0 Å². The topological polar surface area (TPSA) is 37.4 Å². The molecule has 0 aliphatic carbocycles. The fourth-order valence-electron chi connectivity index (χ4n) is 2.26. The second-order valence-electron chi connectivity index (χ2n) is 4.49. The van der Waals surface area contributed by atoms with E-state index in [0.717, 1.165) is 25.3 Å². The van der Waals surface area contributed by atoms with Crippen LogP contribution in [0.1, 0.15) is 19.3 Å². The summed E-state index contributed by atoms with van der Waals surface area (Å²) in [6, 6.07) is 3.72. The molecule has 2 rings (SSSR count). The Morgan fingerprint density at radius 1 is 1.42 bits per heavy atom. The molecule has 1 atom stereocenters. The average Bonchev–Trinajstić information content (AvgIpc) is 2.38. The van der Waals surface area contributed by atoms with Crippen LogP contribution in [-0.2, 0) is 10.0 Å². The summed E-state index contributed by atoms with van der Waals surface area (Å²) in [5.74, 6) is -0.509. The van der Waals surface area contributed by atoms with Crippen molar-refractivity contribution in [3.8, 4) is 0 Å². The van der Waals surface area contributed by atoms with Crippen LogP contribution in [-0.4, -0.2) is 31.2 Å². The van der Waals surface area contributed by atoms with Crippen LogP contribution in [0.3, 0.4) is 0 Å². The number of rotatable bonds is 3. The number of benzene rings is 1. The Labute approximate surface area is 125 Å². The molecule has 0 radical (unpaired) electrons. The van der Waals surface area contributed by atoms with Gasteiger partial charge in [0.15, 0.2) is 0 Å². The predicted octanol–water partition coefficient (Wildman–Crippen LogP) is 3.37. The summed E-state index contributed by atoms with van der Waals surface area (Å²) in [6.07, 6.45) is 2.46. The van der Waals surface area contributed by atoms with E-state index in [-0.39, 0.29) is 16.8 Å². The molecule has 1 aromatic rings. The van der Waals surface area contributed by atoms with E-state index in [1.165, 1.54) is 16.4 Å². The van der Waals surface area contributed by atoms with Crippen molar-refractivity contribution in [3.05, 3.63) is 28.5 Å². The van der Waals surface area contributed by atoms with Gasteiger partial charge < -0.3 is 0 Å². The zero-order valence-electron chi connectivity index (χ0n) is 10.2. The number of nitrogens with zero attached hydrogens (tertiary/aromatic N) is 1. The first-order valence-electron chi connectivity index (χ1n) is 5.99. The maximum absolute atomic E-state index is 13.9. The average molecular weight is 371 g/mol. The molecular weight excluding hydrogens is 357 g/mol. The fourth-order valence-corrected chi connectivity index (χ4v) is 4.73. The molecule has 7 heteroatoms. The lowest BCUT2D eigenvalue weighted by Gasteiger charge is -2.33. The number of halogens is 3.